The summed E-state index contributed by atoms with van der Waals surface area (Å²) in [4.78, 5) is 14.9. The summed E-state index contributed by atoms with van der Waals surface area (Å²) in [7, 11) is 0. The first-order valence-corrected chi connectivity index (χ1v) is 11.4. The average molecular weight is 439 g/mol. The van der Waals surface area contributed by atoms with Crippen LogP contribution >= 0.6 is 0 Å². The van der Waals surface area contributed by atoms with Gasteiger partial charge in [-0.25, -0.2) is 4.68 Å². The standard InChI is InChI=1S/C23H33F3N4O/c1-22(2,3)18-13-20-27-17(12-19(23(24,25)26)30(20)28-18)16-10-7-11-29(14-16)21(31)15-8-5-4-6-9-15/h4-5,13,15-17,19,27H,6-12,14H2,1-3H3/t15?,16?,17-,19+/m0/s1. The number of piperidine rings is 1. The van der Waals surface area contributed by atoms with Crippen molar-refractivity contribution in [3.8, 4) is 0 Å². The van der Waals surface area contributed by atoms with E-state index in [1.54, 1.807) is 6.07 Å². The molecule has 8 heteroatoms. The molecule has 1 saturated heterocycles. The highest BCUT2D eigenvalue weighted by molar-refractivity contribution is 5.79. The number of aromatic nitrogens is 2. The molecule has 0 aromatic carbocycles. The third kappa shape index (κ3) is 4.62. The third-order valence-electron chi connectivity index (χ3n) is 6.94. The zero-order valence-electron chi connectivity index (χ0n) is 18.6. The van der Waals surface area contributed by atoms with Gasteiger partial charge in [-0.1, -0.05) is 32.9 Å². The molecule has 0 saturated carbocycles. The van der Waals surface area contributed by atoms with Gasteiger partial charge in [-0.15, -0.1) is 0 Å². The number of anilines is 1. The average Bonchev–Trinajstić information content (AvgIpc) is 3.17. The van der Waals surface area contributed by atoms with E-state index in [-0.39, 0.29) is 35.6 Å². The van der Waals surface area contributed by atoms with E-state index in [1.807, 2.05) is 25.7 Å². The van der Waals surface area contributed by atoms with Crippen molar-refractivity contribution in [2.75, 3.05) is 18.4 Å². The highest BCUT2D eigenvalue weighted by Gasteiger charge is 2.48. The predicted octanol–water partition coefficient (Wildman–Crippen LogP) is 5.06. The molecule has 5 nitrogen and oxygen atoms in total. The summed E-state index contributed by atoms with van der Waals surface area (Å²) < 4.78 is 43.0. The van der Waals surface area contributed by atoms with Crippen molar-refractivity contribution < 1.29 is 18.0 Å². The highest BCUT2D eigenvalue weighted by Crippen LogP contribution is 2.43. The molecule has 3 aliphatic rings. The third-order valence-corrected chi connectivity index (χ3v) is 6.94. The van der Waals surface area contributed by atoms with E-state index in [9.17, 15) is 18.0 Å². The number of carbonyl (C=O) groups excluding carboxylic acids is 1. The van der Waals surface area contributed by atoms with Crippen LogP contribution in [0.2, 0.25) is 0 Å². The predicted molar refractivity (Wildman–Crippen MR) is 114 cm³/mol. The van der Waals surface area contributed by atoms with E-state index in [4.69, 9.17) is 0 Å². The monoisotopic (exact) mass is 438 g/mol. The van der Waals surface area contributed by atoms with Crippen molar-refractivity contribution in [2.24, 2.45) is 11.8 Å². The summed E-state index contributed by atoms with van der Waals surface area (Å²) in [5.41, 5.74) is 0.316. The molecule has 172 valence electrons. The van der Waals surface area contributed by atoms with Gasteiger partial charge in [-0.05, 0) is 44.4 Å². The molecule has 2 aliphatic heterocycles. The Hall–Kier alpha value is -1.99. The number of alkyl halides is 3. The molecular formula is C23H33F3N4O. The first kappa shape index (κ1) is 22.2. The lowest BCUT2D eigenvalue weighted by Crippen LogP contribution is -2.50. The maximum atomic E-state index is 14.0. The van der Waals surface area contributed by atoms with Gasteiger partial charge in [0.15, 0.2) is 6.04 Å². The molecule has 1 amide bonds. The van der Waals surface area contributed by atoms with Crippen LogP contribution in [-0.4, -0.2) is 45.9 Å². The van der Waals surface area contributed by atoms with Gasteiger partial charge in [0, 0.05) is 36.5 Å². The van der Waals surface area contributed by atoms with Crippen LogP contribution in [0.25, 0.3) is 0 Å². The van der Waals surface area contributed by atoms with Crippen molar-refractivity contribution in [1.29, 1.82) is 0 Å². The van der Waals surface area contributed by atoms with Crippen LogP contribution in [0.1, 0.15) is 71.0 Å². The maximum absolute atomic E-state index is 14.0. The van der Waals surface area contributed by atoms with Crippen LogP contribution < -0.4 is 5.32 Å². The molecule has 31 heavy (non-hydrogen) atoms. The number of nitrogens with one attached hydrogen (secondary N) is 1. The number of rotatable bonds is 2. The zero-order valence-corrected chi connectivity index (χ0v) is 18.6. The summed E-state index contributed by atoms with van der Waals surface area (Å²) in [6.45, 7) is 7.09. The quantitative estimate of drug-likeness (QED) is 0.657. The van der Waals surface area contributed by atoms with E-state index in [2.05, 4.69) is 22.6 Å². The number of nitrogens with zero attached hydrogens (tertiary/aromatic N) is 3. The van der Waals surface area contributed by atoms with Gasteiger partial charge in [0.05, 0.1) is 5.69 Å². The molecule has 2 unspecified atom stereocenters. The summed E-state index contributed by atoms with van der Waals surface area (Å²) in [6, 6.07) is -0.213. The normalized spacial score (nSPS) is 29.4. The Labute approximate surface area is 182 Å². The number of halogens is 3. The number of likely N-dealkylation sites (tertiary alicyclic amines) is 1. The SMILES string of the molecule is CC(C)(C)c1cc2n(n1)[C@@H](C(F)(F)F)C[C@@H](C1CCCN(C(=O)C3CC=CCC3)C1)N2. The van der Waals surface area contributed by atoms with Crippen molar-refractivity contribution in [3.63, 3.8) is 0 Å². The van der Waals surface area contributed by atoms with Crippen molar-refractivity contribution >= 4 is 11.7 Å². The molecule has 4 rings (SSSR count). The number of allylic oxidation sites excluding steroid dienone is 2. The van der Waals surface area contributed by atoms with Gasteiger partial charge in [0.25, 0.3) is 0 Å². The fraction of sp³-hybridized carbons (Fsp3) is 0.739. The van der Waals surface area contributed by atoms with Crippen LogP contribution in [-0.2, 0) is 10.2 Å². The topological polar surface area (TPSA) is 50.2 Å². The minimum Gasteiger partial charge on any atom is -0.367 e. The molecule has 1 aliphatic carbocycles. The molecule has 0 bridgehead atoms. The Morgan fingerprint density at radius 1 is 1.19 bits per heavy atom. The van der Waals surface area contributed by atoms with Crippen LogP contribution in [0.4, 0.5) is 19.0 Å². The summed E-state index contributed by atoms with van der Waals surface area (Å²) in [5.74, 6) is 0.617. The molecule has 1 aromatic rings. The van der Waals surface area contributed by atoms with Crippen molar-refractivity contribution in [2.45, 2.75) is 83.0 Å². The second-order valence-corrected chi connectivity index (χ2v) is 10.3. The summed E-state index contributed by atoms with van der Waals surface area (Å²) in [6.07, 6.45) is 3.98. The van der Waals surface area contributed by atoms with Crippen molar-refractivity contribution in [1.82, 2.24) is 14.7 Å². The smallest absolute Gasteiger partial charge is 0.367 e. The number of hydrogen-bond donors (Lipinski definition) is 1. The maximum Gasteiger partial charge on any atom is 0.410 e. The first-order chi connectivity index (χ1) is 14.5. The van der Waals surface area contributed by atoms with E-state index >= 15 is 0 Å². The second-order valence-electron chi connectivity index (χ2n) is 10.3. The summed E-state index contributed by atoms with van der Waals surface area (Å²) in [5, 5.41) is 7.67. The molecule has 3 heterocycles. The summed E-state index contributed by atoms with van der Waals surface area (Å²) >= 11 is 0. The molecule has 4 atom stereocenters. The lowest BCUT2D eigenvalue weighted by Gasteiger charge is -2.42. The molecule has 1 fully saturated rings. The Balaban J connectivity index is 1.53. The van der Waals surface area contributed by atoms with E-state index in [0.717, 1.165) is 36.8 Å². The van der Waals surface area contributed by atoms with Crippen LogP contribution in [0.15, 0.2) is 18.2 Å². The van der Waals surface area contributed by atoms with Gasteiger partial charge in [0.2, 0.25) is 5.91 Å². The largest absolute Gasteiger partial charge is 0.410 e. The fourth-order valence-electron chi connectivity index (χ4n) is 5.09. The molecule has 0 spiro atoms. The van der Waals surface area contributed by atoms with E-state index in [1.165, 1.54) is 0 Å². The molecular weight excluding hydrogens is 405 g/mol. The number of fused-ring (bicyclic) bond motifs is 1. The molecule has 0 radical (unpaired) electrons. The van der Waals surface area contributed by atoms with Gasteiger partial charge >= 0.3 is 6.18 Å². The Morgan fingerprint density at radius 3 is 2.61 bits per heavy atom. The fourth-order valence-corrected chi connectivity index (χ4v) is 5.09. The minimum absolute atomic E-state index is 0.00317. The van der Waals surface area contributed by atoms with Gasteiger partial charge < -0.3 is 10.2 Å². The van der Waals surface area contributed by atoms with Gasteiger partial charge in [0.1, 0.15) is 5.82 Å². The number of carbonyl (C=O) groups is 1. The van der Waals surface area contributed by atoms with Gasteiger partial charge in [-0.2, -0.15) is 18.3 Å². The Morgan fingerprint density at radius 2 is 1.97 bits per heavy atom. The zero-order chi connectivity index (χ0) is 22.4. The number of hydrogen-bond acceptors (Lipinski definition) is 3. The van der Waals surface area contributed by atoms with Crippen LogP contribution in [0.3, 0.4) is 0 Å². The van der Waals surface area contributed by atoms with Crippen LogP contribution in [0, 0.1) is 11.8 Å². The molecule has 1 N–H and O–H groups in total. The number of amides is 1. The Bertz CT molecular complexity index is 839. The highest BCUT2D eigenvalue weighted by atomic mass is 19.4. The second kappa shape index (κ2) is 8.17. The lowest BCUT2D eigenvalue weighted by molar-refractivity contribution is -0.175. The van der Waals surface area contributed by atoms with Crippen LogP contribution in [0.5, 0.6) is 0 Å². The van der Waals surface area contributed by atoms with Gasteiger partial charge in [-0.3, -0.25) is 4.79 Å². The minimum atomic E-state index is -4.37. The van der Waals surface area contributed by atoms with E-state index in [0.29, 0.717) is 24.6 Å². The van der Waals surface area contributed by atoms with Crippen molar-refractivity contribution in [3.05, 3.63) is 23.9 Å². The Kier molecular flexibility index (Phi) is 5.85. The van der Waals surface area contributed by atoms with E-state index < -0.39 is 12.2 Å². The molecule has 1 aromatic heterocycles. The first-order valence-electron chi connectivity index (χ1n) is 11.4. The lowest BCUT2D eigenvalue weighted by atomic mass is 9.84.